The van der Waals surface area contributed by atoms with E-state index in [1.54, 1.807) is 13.1 Å². The van der Waals surface area contributed by atoms with Gasteiger partial charge in [0.05, 0.1) is 0 Å². The lowest BCUT2D eigenvalue weighted by atomic mass is 10.3. The van der Waals surface area contributed by atoms with Crippen LogP contribution in [0.5, 0.6) is 0 Å². The van der Waals surface area contributed by atoms with Crippen molar-refractivity contribution in [2.24, 2.45) is 0 Å². The van der Waals surface area contributed by atoms with Gasteiger partial charge in [-0.2, -0.15) is 0 Å². The molecule has 0 aliphatic heterocycles. The summed E-state index contributed by atoms with van der Waals surface area (Å²) in [6, 6.07) is 0. The fraction of sp³-hybridized carbons (Fsp3) is 0.308. The van der Waals surface area contributed by atoms with Gasteiger partial charge in [0, 0.05) is 30.4 Å². The zero-order chi connectivity index (χ0) is 14.2. The standard InChI is InChI=1S/C13H15N3O2S/c1-5-6-15(4)11(17)10-7-14-13-16(12(10)18)8(2)9(3)19-13/h5,7H,1,6H2,2-4H3. The van der Waals surface area contributed by atoms with Gasteiger partial charge in [0.1, 0.15) is 5.56 Å². The highest BCUT2D eigenvalue weighted by Crippen LogP contribution is 2.18. The summed E-state index contributed by atoms with van der Waals surface area (Å²) in [4.78, 5) is 31.8. The monoisotopic (exact) mass is 277 g/mol. The third-order valence-electron chi connectivity index (χ3n) is 3.00. The van der Waals surface area contributed by atoms with E-state index in [1.807, 2.05) is 13.8 Å². The number of likely N-dealkylation sites (N-methyl/N-ethyl adjacent to an activating group) is 1. The van der Waals surface area contributed by atoms with Gasteiger partial charge in [0.25, 0.3) is 11.5 Å². The summed E-state index contributed by atoms with van der Waals surface area (Å²) >= 11 is 1.44. The number of aryl methyl sites for hydroxylation is 2. The van der Waals surface area contributed by atoms with Crippen molar-refractivity contribution < 1.29 is 4.79 Å². The van der Waals surface area contributed by atoms with Crippen LogP contribution in [0.25, 0.3) is 4.96 Å². The Morgan fingerprint density at radius 1 is 1.58 bits per heavy atom. The van der Waals surface area contributed by atoms with E-state index in [2.05, 4.69) is 11.6 Å². The van der Waals surface area contributed by atoms with Crippen LogP contribution in [-0.4, -0.2) is 33.8 Å². The number of carbonyl (C=O) groups is 1. The third-order valence-corrected chi connectivity index (χ3v) is 4.07. The average Bonchev–Trinajstić information content (AvgIpc) is 2.66. The van der Waals surface area contributed by atoms with Crippen molar-refractivity contribution in [3.05, 3.63) is 45.3 Å². The number of nitrogens with zero attached hydrogens (tertiary/aromatic N) is 3. The first-order valence-corrected chi connectivity index (χ1v) is 6.63. The Bertz CT molecular complexity index is 714. The SMILES string of the molecule is C=CCN(C)C(=O)c1cnc2sc(C)c(C)n2c1=O. The molecule has 2 rings (SSSR count). The van der Waals surface area contributed by atoms with Gasteiger partial charge in [-0.05, 0) is 13.8 Å². The highest BCUT2D eigenvalue weighted by molar-refractivity contribution is 7.17. The first-order valence-electron chi connectivity index (χ1n) is 5.81. The molecule has 0 saturated heterocycles. The molecular formula is C13H15N3O2S. The van der Waals surface area contributed by atoms with Crippen molar-refractivity contribution in [3.63, 3.8) is 0 Å². The predicted molar refractivity (Wildman–Crippen MR) is 76.0 cm³/mol. The zero-order valence-corrected chi connectivity index (χ0v) is 12.0. The van der Waals surface area contributed by atoms with Crippen molar-refractivity contribution in [1.29, 1.82) is 0 Å². The maximum absolute atomic E-state index is 12.4. The average molecular weight is 277 g/mol. The van der Waals surface area contributed by atoms with Crippen LogP contribution in [-0.2, 0) is 0 Å². The second kappa shape index (κ2) is 4.97. The van der Waals surface area contributed by atoms with Crippen LogP contribution in [0.1, 0.15) is 20.9 Å². The number of amides is 1. The van der Waals surface area contributed by atoms with E-state index >= 15 is 0 Å². The fourth-order valence-corrected chi connectivity index (χ4v) is 2.73. The second-order valence-electron chi connectivity index (χ2n) is 4.31. The topological polar surface area (TPSA) is 54.7 Å². The summed E-state index contributed by atoms with van der Waals surface area (Å²) in [6.45, 7) is 7.75. The fourth-order valence-electron chi connectivity index (χ4n) is 1.80. The lowest BCUT2D eigenvalue weighted by Gasteiger charge is -2.14. The van der Waals surface area contributed by atoms with Gasteiger partial charge in [0.15, 0.2) is 4.96 Å². The molecule has 0 aliphatic rings. The Hall–Kier alpha value is -1.95. The molecule has 100 valence electrons. The molecule has 0 aliphatic carbocycles. The van der Waals surface area contributed by atoms with Crippen LogP contribution in [0.3, 0.4) is 0 Å². The summed E-state index contributed by atoms with van der Waals surface area (Å²) < 4.78 is 1.50. The van der Waals surface area contributed by atoms with Crippen molar-refractivity contribution >= 4 is 22.2 Å². The quantitative estimate of drug-likeness (QED) is 0.801. The van der Waals surface area contributed by atoms with Crippen molar-refractivity contribution in [3.8, 4) is 0 Å². The first-order chi connectivity index (χ1) is 8.97. The molecule has 5 nitrogen and oxygen atoms in total. The van der Waals surface area contributed by atoms with E-state index < -0.39 is 0 Å². The first kappa shape index (κ1) is 13.5. The molecule has 0 aromatic carbocycles. The third kappa shape index (κ3) is 2.19. The van der Waals surface area contributed by atoms with Crippen molar-refractivity contribution in [2.45, 2.75) is 13.8 Å². The molecule has 0 spiro atoms. The summed E-state index contributed by atoms with van der Waals surface area (Å²) in [5, 5.41) is 0. The Labute approximate surface area is 114 Å². The molecule has 2 aromatic rings. The molecular weight excluding hydrogens is 262 g/mol. The minimum atomic E-state index is -0.338. The van der Waals surface area contributed by atoms with Crippen molar-refractivity contribution in [1.82, 2.24) is 14.3 Å². The summed E-state index contributed by atoms with van der Waals surface area (Å²) in [5.74, 6) is -0.338. The molecule has 6 heteroatoms. The lowest BCUT2D eigenvalue weighted by Crippen LogP contribution is -2.33. The van der Waals surface area contributed by atoms with Crippen LogP contribution < -0.4 is 5.56 Å². The molecule has 0 atom stereocenters. The largest absolute Gasteiger partial charge is 0.338 e. The smallest absolute Gasteiger partial charge is 0.271 e. The van der Waals surface area contributed by atoms with Gasteiger partial charge in [-0.1, -0.05) is 6.08 Å². The number of aromatic nitrogens is 2. The van der Waals surface area contributed by atoms with Crippen LogP contribution in [0.2, 0.25) is 0 Å². The zero-order valence-electron chi connectivity index (χ0n) is 11.1. The number of fused-ring (bicyclic) bond motifs is 1. The molecule has 0 fully saturated rings. The molecule has 0 saturated carbocycles. The number of hydrogen-bond donors (Lipinski definition) is 0. The molecule has 2 heterocycles. The summed E-state index contributed by atoms with van der Waals surface area (Å²) in [7, 11) is 1.63. The van der Waals surface area contributed by atoms with E-state index in [1.165, 1.54) is 26.8 Å². The van der Waals surface area contributed by atoms with E-state index in [0.29, 0.717) is 11.5 Å². The normalized spacial score (nSPS) is 10.7. The van der Waals surface area contributed by atoms with E-state index in [4.69, 9.17) is 0 Å². The minimum absolute atomic E-state index is 0.0859. The molecule has 0 radical (unpaired) electrons. The predicted octanol–water partition coefficient (Wildman–Crippen LogP) is 1.63. The molecule has 0 unspecified atom stereocenters. The van der Waals surface area contributed by atoms with Crippen LogP contribution >= 0.6 is 11.3 Å². The van der Waals surface area contributed by atoms with Crippen LogP contribution in [0.4, 0.5) is 0 Å². The number of carbonyl (C=O) groups excluding carboxylic acids is 1. The highest BCUT2D eigenvalue weighted by atomic mass is 32.1. The maximum Gasteiger partial charge on any atom is 0.271 e. The lowest BCUT2D eigenvalue weighted by molar-refractivity contribution is 0.0808. The summed E-state index contributed by atoms with van der Waals surface area (Å²) in [5.41, 5.74) is 0.606. The molecule has 0 N–H and O–H groups in total. The molecule has 1 amide bonds. The summed E-state index contributed by atoms with van der Waals surface area (Å²) in [6.07, 6.45) is 2.97. The second-order valence-corrected chi connectivity index (χ2v) is 5.49. The van der Waals surface area contributed by atoms with E-state index in [9.17, 15) is 9.59 Å². The highest BCUT2D eigenvalue weighted by Gasteiger charge is 2.18. The van der Waals surface area contributed by atoms with Crippen LogP contribution in [0.15, 0.2) is 23.6 Å². The molecule has 2 aromatic heterocycles. The van der Waals surface area contributed by atoms with Gasteiger partial charge in [-0.25, -0.2) is 4.98 Å². The number of thiazole rings is 1. The van der Waals surface area contributed by atoms with Crippen LogP contribution in [0, 0.1) is 13.8 Å². The number of rotatable bonds is 3. The van der Waals surface area contributed by atoms with Gasteiger partial charge in [-0.15, -0.1) is 17.9 Å². The van der Waals surface area contributed by atoms with Gasteiger partial charge in [0.2, 0.25) is 0 Å². The Morgan fingerprint density at radius 2 is 2.26 bits per heavy atom. The Kier molecular flexibility index (Phi) is 3.53. The van der Waals surface area contributed by atoms with Gasteiger partial charge in [-0.3, -0.25) is 14.0 Å². The maximum atomic E-state index is 12.4. The van der Waals surface area contributed by atoms with E-state index in [0.717, 1.165) is 10.6 Å². The van der Waals surface area contributed by atoms with Gasteiger partial charge >= 0.3 is 0 Å². The molecule has 0 bridgehead atoms. The van der Waals surface area contributed by atoms with Gasteiger partial charge < -0.3 is 4.90 Å². The van der Waals surface area contributed by atoms with E-state index in [-0.39, 0.29) is 17.0 Å². The Morgan fingerprint density at radius 3 is 2.89 bits per heavy atom. The minimum Gasteiger partial charge on any atom is -0.338 e. The molecule has 19 heavy (non-hydrogen) atoms. The van der Waals surface area contributed by atoms with Crippen molar-refractivity contribution in [2.75, 3.05) is 13.6 Å². The Balaban J connectivity index is 2.60. The number of hydrogen-bond acceptors (Lipinski definition) is 4.